The molecule has 0 radical (unpaired) electrons. The third-order valence-corrected chi connectivity index (χ3v) is 8.65. The van der Waals surface area contributed by atoms with Crippen LogP contribution in [0.1, 0.15) is 69.8 Å². The molecule has 0 bridgehead atoms. The topological polar surface area (TPSA) is 108 Å². The van der Waals surface area contributed by atoms with E-state index in [2.05, 4.69) is 28.2 Å². The summed E-state index contributed by atoms with van der Waals surface area (Å²) in [5.41, 5.74) is 1.46. The molecule has 2 aromatic rings. The first-order valence-electron chi connectivity index (χ1n) is 12.9. The van der Waals surface area contributed by atoms with Gasteiger partial charge in [-0.3, -0.25) is 14.6 Å². The smallest absolute Gasteiger partial charge is 0.326 e. The number of aliphatic carboxylic acids is 1. The summed E-state index contributed by atoms with van der Waals surface area (Å²) in [7, 11) is 0. The molecule has 9 heteroatoms. The summed E-state index contributed by atoms with van der Waals surface area (Å²) in [4.78, 5) is 42.9. The minimum atomic E-state index is -1.12. The maximum atomic E-state index is 13.4. The SMILES string of the molecule is O=C(O)[C@H](Cc1ccc(-c2ccsc2)nc1)NC(=O)C1(NC(=O)[C@@H](S)CC2CCCCC2)CCCC1. The first kappa shape index (κ1) is 26.7. The Bertz CT molecular complexity index is 1030. The third kappa shape index (κ3) is 6.68. The summed E-state index contributed by atoms with van der Waals surface area (Å²) in [6.07, 6.45) is 11.0. The molecule has 2 amide bonds. The van der Waals surface area contributed by atoms with E-state index in [0.29, 0.717) is 30.7 Å². The van der Waals surface area contributed by atoms with Crippen molar-refractivity contribution in [1.29, 1.82) is 0 Å². The maximum Gasteiger partial charge on any atom is 0.326 e. The van der Waals surface area contributed by atoms with Gasteiger partial charge >= 0.3 is 5.97 Å². The molecule has 4 rings (SSSR count). The molecule has 2 aliphatic rings. The molecule has 2 saturated carbocycles. The van der Waals surface area contributed by atoms with E-state index in [1.54, 1.807) is 17.5 Å². The zero-order chi connectivity index (χ0) is 25.5. The predicted octanol–water partition coefficient (Wildman–Crippen LogP) is 4.62. The first-order chi connectivity index (χ1) is 17.4. The Labute approximate surface area is 221 Å². The number of nitrogens with zero attached hydrogens (tertiary/aromatic N) is 1. The molecule has 2 fully saturated rings. The van der Waals surface area contributed by atoms with E-state index < -0.39 is 28.7 Å². The van der Waals surface area contributed by atoms with Crippen LogP contribution in [0.15, 0.2) is 35.2 Å². The van der Waals surface area contributed by atoms with Crippen LogP contribution in [0, 0.1) is 5.92 Å². The second-order valence-corrected chi connectivity index (χ2v) is 11.6. The van der Waals surface area contributed by atoms with Gasteiger partial charge in [0, 0.05) is 23.6 Å². The monoisotopic (exact) mass is 529 g/mol. The van der Waals surface area contributed by atoms with E-state index in [4.69, 9.17) is 0 Å². The lowest BCUT2D eigenvalue weighted by Crippen LogP contribution is -2.61. The number of rotatable bonds is 10. The molecule has 7 nitrogen and oxygen atoms in total. The van der Waals surface area contributed by atoms with E-state index in [-0.39, 0.29) is 12.3 Å². The van der Waals surface area contributed by atoms with Crippen LogP contribution in [0.25, 0.3) is 11.3 Å². The normalized spacial score (nSPS) is 19.4. The number of carbonyl (C=O) groups excluding carboxylic acids is 2. The van der Waals surface area contributed by atoms with Crippen LogP contribution in [-0.2, 0) is 20.8 Å². The first-order valence-corrected chi connectivity index (χ1v) is 14.3. The summed E-state index contributed by atoms with van der Waals surface area (Å²) in [5.74, 6) is -1.28. The largest absolute Gasteiger partial charge is 0.480 e. The Morgan fingerprint density at radius 1 is 1.11 bits per heavy atom. The molecule has 2 aromatic heterocycles. The van der Waals surface area contributed by atoms with Gasteiger partial charge in [-0.1, -0.05) is 51.0 Å². The van der Waals surface area contributed by atoms with Crippen LogP contribution in [-0.4, -0.2) is 44.7 Å². The van der Waals surface area contributed by atoms with Gasteiger partial charge in [-0.25, -0.2) is 4.79 Å². The van der Waals surface area contributed by atoms with E-state index in [1.807, 2.05) is 29.0 Å². The van der Waals surface area contributed by atoms with E-state index >= 15 is 0 Å². The number of thiol groups is 1. The summed E-state index contributed by atoms with van der Waals surface area (Å²) < 4.78 is 0. The Kier molecular flexibility index (Phi) is 9.06. The van der Waals surface area contributed by atoms with E-state index in [9.17, 15) is 19.5 Å². The Morgan fingerprint density at radius 2 is 1.86 bits per heavy atom. The second kappa shape index (κ2) is 12.2. The van der Waals surface area contributed by atoms with Crippen molar-refractivity contribution in [2.75, 3.05) is 0 Å². The highest BCUT2D eigenvalue weighted by Crippen LogP contribution is 2.32. The van der Waals surface area contributed by atoms with Crippen molar-refractivity contribution in [2.45, 2.75) is 87.5 Å². The van der Waals surface area contributed by atoms with E-state index in [0.717, 1.165) is 36.9 Å². The average Bonchev–Trinajstić information content (AvgIpc) is 3.58. The third-order valence-electron chi connectivity index (χ3n) is 7.52. The highest BCUT2D eigenvalue weighted by atomic mass is 32.1. The van der Waals surface area contributed by atoms with Crippen LogP contribution in [0.5, 0.6) is 0 Å². The fourth-order valence-corrected chi connectivity index (χ4v) is 6.42. The number of pyridine rings is 1. The lowest BCUT2D eigenvalue weighted by atomic mass is 9.85. The fraction of sp³-hybridized carbons (Fsp3) is 0.556. The van der Waals surface area contributed by atoms with Gasteiger partial charge in [-0.2, -0.15) is 24.0 Å². The van der Waals surface area contributed by atoms with Crippen molar-refractivity contribution in [3.8, 4) is 11.3 Å². The highest BCUT2D eigenvalue weighted by Gasteiger charge is 2.44. The molecular weight excluding hydrogens is 494 g/mol. The van der Waals surface area contributed by atoms with Crippen LogP contribution >= 0.6 is 24.0 Å². The molecule has 3 N–H and O–H groups in total. The zero-order valence-corrected chi connectivity index (χ0v) is 22.2. The number of carboxylic acids is 1. The average molecular weight is 530 g/mol. The summed E-state index contributed by atoms with van der Waals surface area (Å²) in [6, 6.07) is 4.56. The maximum absolute atomic E-state index is 13.4. The highest BCUT2D eigenvalue weighted by molar-refractivity contribution is 7.81. The van der Waals surface area contributed by atoms with Gasteiger partial charge in [0.15, 0.2) is 0 Å². The van der Waals surface area contributed by atoms with Crippen molar-refractivity contribution in [3.63, 3.8) is 0 Å². The van der Waals surface area contributed by atoms with Gasteiger partial charge < -0.3 is 15.7 Å². The molecule has 0 aliphatic heterocycles. The molecule has 0 saturated heterocycles. The summed E-state index contributed by atoms with van der Waals surface area (Å²) >= 11 is 6.15. The lowest BCUT2D eigenvalue weighted by Gasteiger charge is -2.32. The molecule has 0 unspecified atom stereocenters. The molecule has 36 heavy (non-hydrogen) atoms. The Morgan fingerprint density at radius 3 is 2.47 bits per heavy atom. The minimum absolute atomic E-state index is 0.110. The molecule has 2 aliphatic carbocycles. The van der Waals surface area contributed by atoms with Crippen LogP contribution in [0.3, 0.4) is 0 Å². The quantitative estimate of drug-likeness (QED) is 0.336. The van der Waals surface area contributed by atoms with Gasteiger partial charge in [0.05, 0.1) is 10.9 Å². The number of hydrogen-bond donors (Lipinski definition) is 4. The Hall–Kier alpha value is -2.39. The number of thiophene rings is 1. The predicted molar refractivity (Wildman–Crippen MR) is 144 cm³/mol. The molecule has 2 atom stereocenters. The van der Waals surface area contributed by atoms with Gasteiger partial charge in [0.25, 0.3) is 0 Å². The number of amides is 2. The molecule has 0 aromatic carbocycles. The summed E-state index contributed by atoms with van der Waals surface area (Å²) in [5, 5.41) is 19.0. The number of carboxylic acid groups (broad SMARTS) is 1. The standard InChI is InChI=1S/C27H35N3O4S2/c31-24(23(35)15-18-6-2-1-3-7-18)30-27(11-4-5-12-27)26(34)29-22(25(32)33)14-19-8-9-21(28-16-19)20-10-13-36-17-20/h8-10,13,16-18,22-23,35H,1-7,11-12,14-15H2,(H,29,34)(H,30,31)(H,32,33)/t22-,23-/m0/s1. The van der Waals surface area contributed by atoms with Gasteiger partial charge in [-0.15, -0.1) is 0 Å². The van der Waals surface area contributed by atoms with Crippen LogP contribution < -0.4 is 10.6 Å². The number of aromatic nitrogens is 1. The van der Waals surface area contributed by atoms with Gasteiger partial charge in [0.1, 0.15) is 11.6 Å². The number of nitrogens with one attached hydrogen (secondary N) is 2. The molecule has 2 heterocycles. The molecule has 0 spiro atoms. The number of hydrogen-bond acceptors (Lipinski definition) is 6. The van der Waals surface area contributed by atoms with Gasteiger partial charge in [0.2, 0.25) is 11.8 Å². The molecule has 194 valence electrons. The minimum Gasteiger partial charge on any atom is -0.480 e. The lowest BCUT2D eigenvalue weighted by molar-refractivity contribution is -0.143. The zero-order valence-electron chi connectivity index (χ0n) is 20.4. The second-order valence-electron chi connectivity index (χ2n) is 10.2. The molecular formula is C27H35N3O4S2. The summed E-state index contributed by atoms with van der Waals surface area (Å²) in [6.45, 7) is 0. The van der Waals surface area contributed by atoms with Crippen molar-refractivity contribution in [3.05, 3.63) is 40.7 Å². The van der Waals surface area contributed by atoms with Crippen molar-refractivity contribution in [1.82, 2.24) is 15.6 Å². The van der Waals surface area contributed by atoms with Crippen molar-refractivity contribution >= 4 is 41.7 Å². The Balaban J connectivity index is 1.39. The van der Waals surface area contributed by atoms with Crippen molar-refractivity contribution in [2.24, 2.45) is 5.92 Å². The van der Waals surface area contributed by atoms with Crippen molar-refractivity contribution < 1.29 is 19.5 Å². The number of carbonyl (C=O) groups is 3. The van der Waals surface area contributed by atoms with E-state index in [1.165, 1.54) is 19.3 Å². The van der Waals surface area contributed by atoms with Crippen LogP contribution in [0.2, 0.25) is 0 Å². The van der Waals surface area contributed by atoms with Gasteiger partial charge in [-0.05, 0) is 48.3 Å². The van der Waals surface area contributed by atoms with Crippen LogP contribution in [0.4, 0.5) is 0 Å². The fourth-order valence-electron chi connectivity index (χ4n) is 5.41.